The van der Waals surface area contributed by atoms with Gasteiger partial charge in [0.1, 0.15) is 5.69 Å². The number of aromatic nitrogens is 3. The summed E-state index contributed by atoms with van der Waals surface area (Å²) in [6.07, 6.45) is 4.82. The van der Waals surface area contributed by atoms with Crippen molar-refractivity contribution in [1.82, 2.24) is 14.8 Å². The third-order valence-electron chi connectivity index (χ3n) is 2.79. The van der Waals surface area contributed by atoms with E-state index in [2.05, 4.69) is 10.1 Å². The van der Waals surface area contributed by atoms with E-state index in [4.69, 9.17) is 23.2 Å². The summed E-state index contributed by atoms with van der Waals surface area (Å²) in [6.45, 7) is 3.66. The number of pyridine rings is 1. The number of nitrogens with zero attached hydrogens (tertiary/aromatic N) is 4. The van der Waals surface area contributed by atoms with Crippen LogP contribution in [0.5, 0.6) is 0 Å². The number of carbonyl (C=O) groups is 1. The monoisotopic (exact) mass is 312 g/mol. The quantitative estimate of drug-likeness (QED) is 0.874. The number of hydrogen-bond donors (Lipinski definition) is 0. The van der Waals surface area contributed by atoms with E-state index in [0.29, 0.717) is 16.4 Å². The van der Waals surface area contributed by atoms with Crippen LogP contribution in [0.15, 0.2) is 24.7 Å². The largest absolute Gasteiger partial charge is 0.311 e. The Labute approximate surface area is 127 Å². The minimum atomic E-state index is -0.118. The van der Waals surface area contributed by atoms with Crippen molar-refractivity contribution >= 4 is 34.8 Å². The maximum absolute atomic E-state index is 12.0. The summed E-state index contributed by atoms with van der Waals surface area (Å²) >= 11 is 12.0. The van der Waals surface area contributed by atoms with E-state index >= 15 is 0 Å². The molecule has 0 aliphatic rings. The average molecular weight is 313 g/mol. The summed E-state index contributed by atoms with van der Waals surface area (Å²) in [5.41, 5.74) is 1.22. The van der Waals surface area contributed by atoms with Gasteiger partial charge in [0.15, 0.2) is 5.15 Å². The van der Waals surface area contributed by atoms with E-state index in [9.17, 15) is 4.79 Å². The van der Waals surface area contributed by atoms with Crippen molar-refractivity contribution in [1.29, 1.82) is 0 Å². The molecule has 0 aliphatic carbocycles. The smallest absolute Gasteiger partial charge is 0.229 e. The van der Waals surface area contributed by atoms with Crippen molar-refractivity contribution in [2.45, 2.75) is 13.8 Å². The van der Waals surface area contributed by atoms with Crippen LogP contribution >= 0.6 is 23.2 Å². The van der Waals surface area contributed by atoms with Crippen LogP contribution < -0.4 is 4.90 Å². The van der Waals surface area contributed by atoms with Crippen LogP contribution in [0.1, 0.15) is 13.8 Å². The second-order valence-electron chi connectivity index (χ2n) is 4.66. The fourth-order valence-electron chi connectivity index (χ4n) is 1.73. The molecule has 2 heterocycles. The second kappa shape index (κ2) is 5.81. The van der Waals surface area contributed by atoms with Crippen molar-refractivity contribution in [2.24, 2.45) is 5.92 Å². The molecule has 0 bridgehead atoms. The van der Waals surface area contributed by atoms with Crippen molar-refractivity contribution < 1.29 is 4.79 Å². The van der Waals surface area contributed by atoms with Crippen molar-refractivity contribution in [3.63, 3.8) is 0 Å². The summed E-state index contributed by atoms with van der Waals surface area (Å²) < 4.78 is 1.54. The number of rotatable bonds is 3. The lowest BCUT2D eigenvalue weighted by Gasteiger charge is -2.17. The third kappa shape index (κ3) is 2.94. The van der Waals surface area contributed by atoms with Crippen LogP contribution in [0.2, 0.25) is 10.2 Å². The zero-order chi connectivity index (χ0) is 14.9. The zero-order valence-corrected chi connectivity index (χ0v) is 12.9. The van der Waals surface area contributed by atoms with Gasteiger partial charge in [-0.2, -0.15) is 5.10 Å². The van der Waals surface area contributed by atoms with Crippen molar-refractivity contribution in [2.75, 3.05) is 11.9 Å². The highest BCUT2D eigenvalue weighted by molar-refractivity contribution is 6.32. The Morgan fingerprint density at radius 1 is 1.35 bits per heavy atom. The van der Waals surface area contributed by atoms with Gasteiger partial charge in [-0.05, 0) is 6.07 Å². The number of carbonyl (C=O) groups excluding carboxylic acids is 1. The van der Waals surface area contributed by atoms with Gasteiger partial charge in [-0.25, -0.2) is 4.68 Å². The first kappa shape index (κ1) is 14.8. The molecular weight excluding hydrogens is 299 g/mol. The molecule has 0 saturated heterocycles. The molecule has 2 aromatic rings. The Hall–Kier alpha value is -1.59. The average Bonchev–Trinajstić information content (AvgIpc) is 2.79. The van der Waals surface area contributed by atoms with E-state index in [0.717, 1.165) is 0 Å². The highest BCUT2D eigenvalue weighted by atomic mass is 35.5. The summed E-state index contributed by atoms with van der Waals surface area (Å²) in [4.78, 5) is 17.5. The van der Waals surface area contributed by atoms with Crippen LogP contribution in [0.3, 0.4) is 0 Å². The fourth-order valence-corrected chi connectivity index (χ4v) is 2.16. The summed E-state index contributed by atoms with van der Waals surface area (Å²) in [5.74, 6) is -0.150. The summed E-state index contributed by atoms with van der Waals surface area (Å²) in [5, 5.41) is 4.93. The molecule has 0 atom stereocenters. The minimum absolute atomic E-state index is 0.0318. The normalized spacial score (nSPS) is 10.9. The second-order valence-corrected chi connectivity index (χ2v) is 5.46. The molecule has 0 radical (unpaired) electrons. The SMILES string of the molecule is CC(C)C(=O)N(C)c1cn(-c2cncc(Cl)c2)nc1Cl. The Bertz CT molecular complexity index is 639. The van der Waals surface area contributed by atoms with Crippen molar-refractivity contribution in [3.8, 4) is 5.69 Å². The number of amides is 1. The minimum Gasteiger partial charge on any atom is -0.311 e. The third-order valence-corrected chi connectivity index (χ3v) is 3.27. The highest BCUT2D eigenvalue weighted by Gasteiger charge is 2.20. The number of anilines is 1. The highest BCUT2D eigenvalue weighted by Crippen LogP contribution is 2.26. The molecule has 2 aromatic heterocycles. The molecular formula is C13H14Cl2N4O. The fraction of sp³-hybridized carbons (Fsp3) is 0.308. The van der Waals surface area contributed by atoms with Crippen LogP contribution in [0, 0.1) is 5.92 Å². The van der Waals surface area contributed by atoms with Gasteiger partial charge >= 0.3 is 0 Å². The molecule has 0 aliphatic heterocycles. The van der Waals surface area contributed by atoms with Crippen LogP contribution in [-0.4, -0.2) is 27.7 Å². The topological polar surface area (TPSA) is 51.0 Å². The molecule has 0 aromatic carbocycles. The van der Waals surface area contributed by atoms with Gasteiger partial charge in [0.2, 0.25) is 5.91 Å². The van der Waals surface area contributed by atoms with Gasteiger partial charge in [0.05, 0.1) is 23.1 Å². The van der Waals surface area contributed by atoms with E-state index in [1.165, 1.54) is 11.1 Å². The molecule has 5 nitrogen and oxygen atoms in total. The van der Waals surface area contributed by atoms with Gasteiger partial charge < -0.3 is 4.90 Å². The Morgan fingerprint density at radius 3 is 2.65 bits per heavy atom. The van der Waals surface area contributed by atoms with Gasteiger partial charge in [-0.1, -0.05) is 37.0 Å². The predicted molar refractivity (Wildman–Crippen MR) is 79.6 cm³/mol. The molecule has 0 N–H and O–H groups in total. The molecule has 2 rings (SSSR count). The van der Waals surface area contributed by atoms with Crippen LogP contribution in [-0.2, 0) is 4.79 Å². The number of hydrogen-bond acceptors (Lipinski definition) is 3. The summed E-state index contributed by atoms with van der Waals surface area (Å²) in [7, 11) is 1.67. The van der Waals surface area contributed by atoms with Gasteiger partial charge in [-0.15, -0.1) is 0 Å². The maximum Gasteiger partial charge on any atom is 0.229 e. The standard InChI is InChI=1S/C13H14Cl2N4O/c1-8(2)13(20)18(3)11-7-19(17-12(11)15)10-4-9(14)5-16-6-10/h4-8H,1-3H3. The molecule has 0 spiro atoms. The molecule has 0 saturated carbocycles. The summed E-state index contributed by atoms with van der Waals surface area (Å²) in [6, 6.07) is 1.71. The lowest BCUT2D eigenvalue weighted by molar-refractivity contribution is -0.121. The number of halogens is 2. The molecule has 106 valence electrons. The predicted octanol–water partition coefficient (Wildman–Crippen LogP) is 3.19. The molecule has 1 amide bonds. The van der Waals surface area contributed by atoms with Gasteiger partial charge in [-0.3, -0.25) is 9.78 Å². The lowest BCUT2D eigenvalue weighted by atomic mass is 10.2. The van der Waals surface area contributed by atoms with Gasteiger partial charge in [0.25, 0.3) is 0 Å². The van der Waals surface area contributed by atoms with Crippen molar-refractivity contribution in [3.05, 3.63) is 34.8 Å². The Kier molecular flexibility index (Phi) is 4.30. The molecule has 7 heteroatoms. The Morgan fingerprint density at radius 2 is 2.05 bits per heavy atom. The van der Waals surface area contributed by atoms with Crippen LogP contribution in [0.4, 0.5) is 5.69 Å². The van der Waals surface area contributed by atoms with E-state index < -0.39 is 0 Å². The van der Waals surface area contributed by atoms with E-state index in [1.807, 2.05) is 13.8 Å². The lowest BCUT2D eigenvalue weighted by Crippen LogP contribution is -2.30. The zero-order valence-electron chi connectivity index (χ0n) is 11.3. The molecule has 0 fully saturated rings. The first-order valence-electron chi connectivity index (χ1n) is 6.04. The van der Waals surface area contributed by atoms with Crippen LogP contribution in [0.25, 0.3) is 5.69 Å². The first-order chi connectivity index (χ1) is 9.40. The Balaban J connectivity index is 2.37. The molecule has 0 unspecified atom stereocenters. The first-order valence-corrected chi connectivity index (χ1v) is 6.79. The molecule has 20 heavy (non-hydrogen) atoms. The van der Waals surface area contributed by atoms with E-state index in [1.54, 1.807) is 30.2 Å². The maximum atomic E-state index is 12.0. The van der Waals surface area contributed by atoms with E-state index in [-0.39, 0.29) is 17.0 Å². The van der Waals surface area contributed by atoms with Gasteiger partial charge in [0, 0.05) is 19.2 Å².